The molecule has 160 valence electrons. The quantitative estimate of drug-likeness (QED) is 0.685. The van der Waals surface area contributed by atoms with Gasteiger partial charge in [0, 0.05) is 16.8 Å². The molecule has 0 radical (unpaired) electrons. The van der Waals surface area contributed by atoms with Gasteiger partial charge in [0.05, 0.1) is 19.9 Å². The van der Waals surface area contributed by atoms with Gasteiger partial charge in [0.1, 0.15) is 6.54 Å². The summed E-state index contributed by atoms with van der Waals surface area (Å²) in [7, 11) is 2.95. The van der Waals surface area contributed by atoms with Crippen LogP contribution in [0.5, 0.6) is 11.5 Å². The molecule has 2 atom stereocenters. The van der Waals surface area contributed by atoms with Crippen LogP contribution in [-0.4, -0.2) is 55.6 Å². The topological polar surface area (TPSA) is 113 Å². The van der Waals surface area contributed by atoms with E-state index in [1.165, 1.54) is 25.3 Å². The molecular weight excluding hydrogens is 426 g/mol. The molecule has 2 aromatic rings. The van der Waals surface area contributed by atoms with Crippen molar-refractivity contribution >= 4 is 40.7 Å². The number of carbonyl (C=O) groups is 3. The van der Waals surface area contributed by atoms with Crippen LogP contribution >= 0.6 is 11.6 Å². The third-order valence-electron chi connectivity index (χ3n) is 4.92. The number of halogens is 1. The second kappa shape index (κ2) is 8.23. The van der Waals surface area contributed by atoms with Gasteiger partial charge in [0.15, 0.2) is 23.6 Å². The van der Waals surface area contributed by atoms with Crippen molar-refractivity contribution in [3.8, 4) is 11.5 Å². The first-order valence-corrected chi connectivity index (χ1v) is 9.63. The van der Waals surface area contributed by atoms with Gasteiger partial charge >= 0.3 is 0 Å². The molecule has 1 saturated heterocycles. The number of carbonyl (C=O) groups excluding carboxylic acids is 3. The van der Waals surface area contributed by atoms with Gasteiger partial charge in [-0.3, -0.25) is 19.4 Å². The number of imide groups is 1. The molecule has 3 amide bonds. The Labute approximate surface area is 182 Å². The van der Waals surface area contributed by atoms with Crippen molar-refractivity contribution in [2.75, 3.05) is 31.0 Å². The highest BCUT2D eigenvalue weighted by Crippen LogP contribution is 2.36. The fourth-order valence-corrected chi connectivity index (χ4v) is 3.58. The Balaban J connectivity index is 1.50. The van der Waals surface area contributed by atoms with E-state index in [4.69, 9.17) is 21.1 Å². The molecule has 2 aliphatic rings. The van der Waals surface area contributed by atoms with Crippen molar-refractivity contribution in [1.29, 1.82) is 0 Å². The summed E-state index contributed by atoms with van der Waals surface area (Å²) in [6.45, 7) is -0.244. The average Bonchev–Trinajstić information content (AvgIpc) is 3.28. The van der Waals surface area contributed by atoms with Crippen LogP contribution in [0.3, 0.4) is 0 Å². The number of hydrogen-bond acceptors (Lipinski definition) is 8. The largest absolute Gasteiger partial charge is 0.493 e. The number of nitrogens with zero attached hydrogens (tertiary/aromatic N) is 4. The van der Waals surface area contributed by atoms with E-state index < -0.39 is 29.8 Å². The standard InChI is InChI=1S/C20H18ClN5O5/c1-30-14-8-7-13(9-15(14)31-2)26-19(28)17-18(20(26)29)25(24-23-17)10-16(27)22-12-5-3-11(21)4-6-12/h3-9,17-18H,10H2,1-2H3,(H,22,27)/t17-,18-/m1/s1. The zero-order valence-corrected chi connectivity index (χ0v) is 17.4. The molecule has 0 saturated carbocycles. The van der Waals surface area contributed by atoms with E-state index in [0.717, 1.165) is 4.90 Å². The Kier molecular flexibility index (Phi) is 5.47. The van der Waals surface area contributed by atoms with Crippen LogP contribution in [0.2, 0.25) is 5.02 Å². The molecule has 0 spiro atoms. The molecule has 2 aliphatic heterocycles. The molecule has 0 unspecified atom stereocenters. The van der Waals surface area contributed by atoms with Crippen molar-refractivity contribution < 1.29 is 23.9 Å². The molecule has 0 bridgehead atoms. The predicted octanol–water partition coefficient (Wildman–Crippen LogP) is 2.29. The lowest BCUT2D eigenvalue weighted by Gasteiger charge is -2.20. The summed E-state index contributed by atoms with van der Waals surface area (Å²) < 4.78 is 10.4. The SMILES string of the molecule is COc1ccc(N2C(=O)[C@@H]3N=NN(CC(=O)Nc4ccc(Cl)cc4)[C@H]3C2=O)cc1OC. The van der Waals surface area contributed by atoms with E-state index in [1.54, 1.807) is 36.4 Å². The molecule has 2 heterocycles. The summed E-state index contributed by atoms with van der Waals surface area (Å²) >= 11 is 5.84. The zero-order valence-electron chi connectivity index (χ0n) is 16.6. The maximum Gasteiger partial charge on any atom is 0.263 e. The molecular formula is C20H18ClN5O5. The van der Waals surface area contributed by atoms with E-state index in [9.17, 15) is 14.4 Å². The summed E-state index contributed by atoms with van der Waals surface area (Å²) in [6, 6.07) is 9.29. The molecule has 2 aromatic carbocycles. The first kappa shape index (κ1) is 20.6. The monoisotopic (exact) mass is 443 g/mol. The second-order valence-electron chi connectivity index (χ2n) is 6.80. The van der Waals surface area contributed by atoms with E-state index >= 15 is 0 Å². The number of benzene rings is 2. The molecule has 11 heteroatoms. The number of methoxy groups -OCH3 is 2. The molecule has 0 aliphatic carbocycles. The Morgan fingerprint density at radius 2 is 1.77 bits per heavy atom. The lowest BCUT2D eigenvalue weighted by atomic mass is 10.1. The molecule has 31 heavy (non-hydrogen) atoms. The van der Waals surface area contributed by atoms with E-state index in [-0.39, 0.29) is 6.54 Å². The van der Waals surface area contributed by atoms with Crippen LogP contribution < -0.4 is 19.7 Å². The highest BCUT2D eigenvalue weighted by molar-refractivity contribution is 6.30. The van der Waals surface area contributed by atoms with Crippen LogP contribution in [0, 0.1) is 0 Å². The van der Waals surface area contributed by atoms with Gasteiger partial charge < -0.3 is 14.8 Å². The van der Waals surface area contributed by atoms with Crippen molar-refractivity contribution in [2.45, 2.75) is 12.1 Å². The fourth-order valence-electron chi connectivity index (χ4n) is 3.45. The number of rotatable bonds is 6. The lowest BCUT2D eigenvalue weighted by molar-refractivity contribution is -0.123. The minimum atomic E-state index is -1.01. The Bertz CT molecular complexity index is 1070. The van der Waals surface area contributed by atoms with Crippen LogP contribution in [0.4, 0.5) is 11.4 Å². The number of hydrogen-bond donors (Lipinski definition) is 1. The molecule has 0 aromatic heterocycles. The second-order valence-corrected chi connectivity index (χ2v) is 7.23. The van der Waals surface area contributed by atoms with E-state index in [1.807, 2.05) is 0 Å². The van der Waals surface area contributed by atoms with Gasteiger partial charge in [-0.2, -0.15) is 5.11 Å². The van der Waals surface area contributed by atoms with E-state index in [0.29, 0.717) is 27.9 Å². The normalized spacial score (nSPS) is 19.6. The number of ether oxygens (including phenoxy) is 2. The highest BCUT2D eigenvalue weighted by atomic mass is 35.5. The maximum absolute atomic E-state index is 13.1. The summed E-state index contributed by atoms with van der Waals surface area (Å²) in [5, 5.41) is 12.2. The Morgan fingerprint density at radius 1 is 1.06 bits per heavy atom. The maximum atomic E-state index is 13.1. The van der Waals surface area contributed by atoms with Gasteiger partial charge in [-0.05, 0) is 36.4 Å². The van der Waals surface area contributed by atoms with E-state index in [2.05, 4.69) is 15.7 Å². The molecule has 4 rings (SSSR count). The van der Waals surface area contributed by atoms with Crippen LogP contribution in [0.1, 0.15) is 0 Å². The molecule has 1 fully saturated rings. The number of nitrogens with one attached hydrogen (secondary N) is 1. The van der Waals surface area contributed by atoms with Crippen LogP contribution in [0.15, 0.2) is 52.8 Å². The van der Waals surface area contributed by atoms with Crippen molar-refractivity contribution in [2.24, 2.45) is 10.3 Å². The number of fused-ring (bicyclic) bond motifs is 1. The van der Waals surface area contributed by atoms with Crippen LogP contribution in [-0.2, 0) is 14.4 Å². The minimum Gasteiger partial charge on any atom is -0.493 e. The number of amides is 3. The van der Waals surface area contributed by atoms with Crippen molar-refractivity contribution in [1.82, 2.24) is 5.01 Å². The van der Waals surface area contributed by atoms with Crippen molar-refractivity contribution in [3.63, 3.8) is 0 Å². The smallest absolute Gasteiger partial charge is 0.263 e. The summed E-state index contributed by atoms with van der Waals surface area (Å²) in [4.78, 5) is 39.3. The minimum absolute atomic E-state index is 0.244. The fraction of sp³-hybridized carbons (Fsp3) is 0.250. The Morgan fingerprint density at radius 3 is 2.45 bits per heavy atom. The van der Waals surface area contributed by atoms with Crippen LogP contribution in [0.25, 0.3) is 0 Å². The first-order chi connectivity index (χ1) is 14.9. The van der Waals surface area contributed by atoms with Gasteiger partial charge in [0.2, 0.25) is 5.91 Å². The highest BCUT2D eigenvalue weighted by Gasteiger charge is 2.55. The predicted molar refractivity (Wildman–Crippen MR) is 111 cm³/mol. The molecule has 10 nitrogen and oxygen atoms in total. The summed E-state index contributed by atoms with van der Waals surface area (Å²) in [5.74, 6) is -0.617. The van der Waals surface area contributed by atoms with Gasteiger partial charge in [0.25, 0.3) is 11.8 Å². The third-order valence-corrected chi connectivity index (χ3v) is 5.17. The zero-order chi connectivity index (χ0) is 22.1. The first-order valence-electron chi connectivity index (χ1n) is 9.25. The van der Waals surface area contributed by atoms with Gasteiger partial charge in [-0.15, -0.1) is 0 Å². The molecule has 1 N–H and O–H groups in total. The van der Waals surface area contributed by atoms with Gasteiger partial charge in [-0.25, -0.2) is 4.90 Å². The summed E-state index contributed by atoms with van der Waals surface area (Å²) in [6.07, 6.45) is 0. The average molecular weight is 444 g/mol. The van der Waals surface area contributed by atoms with Gasteiger partial charge in [-0.1, -0.05) is 16.8 Å². The lowest BCUT2D eigenvalue weighted by Crippen LogP contribution is -2.43. The summed E-state index contributed by atoms with van der Waals surface area (Å²) in [5.41, 5.74) is 0.866. The number of anilines is 2. The van der Waals surface area contributed by atoms with Crippen molar-refractivity contribution in [3.05, 3.63) is 47.5 Å². The Hall–Kier alpha value is -3.66. The third kappa shape index (κ3) is 3.77.